The van der Waals surface area contributed by atoms with E-state index in [9.17, 15) is 19.1 Å². The zero-order chi connectivity index (χ0) is 17.6. The molecule has 23 heavy (non-hydrogen) atoms. The predicted octanol–water partition coefficient (Wildman–Crippen LogP) is 2.83. The number of carboxylic acids is 1. The van der Waals surface area contributed by atoms with Crippen molar-refractivity contribution in [3.63, 3.8) is 0 Å². The maximum absolute atomic E-state index is 13.3. The lowest BCUT2D eigenvalue weighted by molar-refractivity contribution is -0.132. The second-order valence-electron chi connectivity index (χ2n) is 5.72. The molecule has 1 rings (SSSR count). The van der Waals surface area contributed by atoms with E-state index >= 15 is 0 Å². The lowest BCUT2D eigenvalue weighted by Crippen LogP contribution is -2.34. The number of nitrogens with one attached hydrogen (secondary N) is 1. The van der Waals surface area contributed by atoms with Gasteiger partial charge in [-0.05, 0) is 45.0 Å². The number of methoxy groups -OCH3 is 1. The van der Waals surface area contributed by atoms with Gasteiger partial charge in [0, 0.05) is 5.56 Å². The molecule has 1 aromatic rings. The molecule has 2 N–H and O–H groups in total. The Balaban J connectivity index is 2.93. The van der Waals surface area contributed by atoms with E-state index in [-0.39, 0.29) is 17.7 Å². The van der Waals surface area contributed by atoms with E-state index in [2.05, 4.69) is 5.32 Å². The van der Waals surface area contributed by atoms with E-state index in [1.165, 1.54) is 25.3 Å². The first-order chi connectivity index (χ1) is 10.6. The Morgan fingerprint density at radius 3 is 2.52 bits per heavy atom. The Labute approximate surface area is 133 Å². The van der Waals surface area contributed by atoms with Crippen LogP contribution in [-0.2, 0) is 9.53 Å². The molecule has 0 heterocycles. The summed E-state index contributed by atoms with van der Waals surface area (Å²) < 4.78 is 23.4. The molecular weight excluding hydrogens is 305 g/mol. The summed E-state index contributed by atoms with van der Waals surface area (Å²) in [7, 11) is 1.39. The fourth-order valence-corrected chi connectivity index (χ4v) is 1.68. The number of aliphatic carboxylic acids is 1. The van der Waals surface area contributed by atoms with Crippen LogP contribution in [0.4, 0.5) is 9.18 Å². The van der Waals surface area contributed by atoms with Crippen LogP contribution in [0.3, 0.4) is 0 Å². The van der Waals surface area contributed by atoms with Gasteiger partial charge in [0.2, 0.25) is 0 Å². The summed E-state index contributed by atoms with van der Waals surface area (Å²) in [6.45, 7) is 4.80. The van der Waals surface area contributed by atoms with Crippen molar-refractivity contribution in [2.24, 2.45) is 0 Å². The van der Waals surface area contributed by atoms with E-state index in [4.69, 9.17) is 9.47 Å². The van der Waals surface area contributed by atoms with Crippen molar-refractivity contribution < 1.29 is 28.6 Å². The molecule has 126 valence electrons. The molecule has 0 aromatic heterocycles. The van der Waals surface area contributed by atoms with Gasteiger partial charge in [0.05, 0.1) is 19.2 Å². The van der Waals surface area contributed by atoms with Crippen molar-refractivity contribution in [2.75, 3.05) is 13.7 Å². The maximum atomic E-state index is 13.3. The molecule has 0 bridgehead atoms. The van der Waals surface area contributed by atoms with Crippen LogP contribution < -0.4 is 10.1 Å². The monoisotopic (exact) mass is 325 g/mol. The summed E-state index contributed by atoms with van der Waals surface area (Å²) in [6.07, 6.45) is 0.498. The summed E-state index contributed by atoms with van der Waals surface area (Å²) in [5.41, 5.74) is -0.571. The minimum absolute atomic E-state index is 0.139. The number of hydrogen-bond acceptors (Lipinski definition) is 4. The van der Waals surface area contributed by atoms with Crippen molar-refractivity contribution in [3.8, 4) is 5.75 Å². The highest BCUT2D eigenvalue weighted by Crippen LogP contribution is 2.22. The zero-order valence-corrected chi connectivity index (χ0v) is 13.5. The summed E-state index contributed by atoms with van der Waals surface area (Å²) in [6, 6.07) is 3.74. The molecule has 0 spiro atoms. The molecule has 0 saturated heterocycles. The topological polar surface area (TPSA) is 84.9 Å². The van der Waals surface area contributed by atoms with Crippen LogP contribution in [-0.4, -0.2) is 36.4 Å². The lowest BCUT2D eigenvalue weighted by atomic mass is 10.1. The quantitative estimate of drug-likeness (QED) is 0.813. The third kappa shape index (κ3) is 6.37. The second-order valence-corrected chi connectivity index (χ2v) is 5.72. The molecule has 0 unspecified atom stereocenters. The summed E-state index contributed by atoms with van der Waals surface area (Å²) >= 11 is 0. The first-order valence-electron chi connectivity index (χ1n) is 6.86. The van der Waals surface area contributed by atoms with Gasteiger partial charge >= 0.3 is 12.1 Å². The number of carboxylic acid groups (broad SMARTS) is 1. The molecule has 6 nitrogen and oxygen atoms in total. The SMILES string of the molecule is COc1ccc(F)cc1C=C(CNC(=O)OC(C)(C)C)C(=O)O. The minimum Gasteiger partial charge on any atom is -0.496 e. The van der Waals surface area contributed by atoms with E-state index in [0.29, 0.717) is 5.75 Å². The molecule has 1 aromatic carbocycles. The van der Waals surface area contributed by atoms with Crippen LogP contribution in [0.1, 0.15) is 26.3 Å². The molecule has 0 aliphatic rings. The van der Waals surface area contributed by atoms with Crippen molar-refractivity contribution in [1.82, 2.24) is 5.32 Å². The number of ether oxygens (including phenoxy) is 2. The highest BCUT2D eigenvalue weighted by atomic mass is 19.1. The largest absolute Gasteiger partial charge is 0.496 e. The maximum Gasteiger partial charge on any atom is 0.407 e. The van der Waals surface area contributed by atoms with E-state index in [1.807, 2.05) is 0 Å². The van der Waals surface area contributed by atoms with E-state index < -0.39 is 23.5 Å². The smallest absolute Gasteiger partial charge is 0.407 e. The number of rotatable bonds is 5. The lowest BCUT2D eigenvalue weighted by Gasteiger charge is -2.19. The van der Waals surface area contributed by atoms with Gasteiger partial charge in [-0.15, -0.1) is 0 Å². The van der Waals surface area contributed by atoms with Crippen molar-refractivity contribution in [2.45, 2.75) is 26.4 Å². The third-order valence-electron chi connectivity index (χ3n) is 2.62. The van der Waals surface area contributed by atoms with Gasteiger partial charge in [-0.3, -0.25) is 0 Å². The number of amides is 1. The van der Waals surface area contributed by atoms with Crippen LogP contribution in [0, 0.1) is 5.82 Å². The fourth-order valence-electron chi connectivity index (χ4n) is 1.68. The molecule has 1 amide bonds. The number of halogens is 1. The van der Waals surface area contributed by atoms with Crippen molar-refractivity contribution in [3.05, 3.63) is 35.2 Å². The number of benzene rings is 1. The van der Waals surface area contributed by atoms with Crippen molar-refractivity contribution >= 4 is 18.1 Å². The number of hydrogen-bond donors (Lipinski definition) is 2. The average molecular weight is 325 g/mol. The number of carbonyl (C=O) groups excluding carboxylic acids is 1. The summed E-state index contributed by atoms with van der Waals surface area (Å²) in [5.74, 6) is -1.45. The Morgan fingerprint density at radius 1 is 1.35 bits per heavy atom. The van der Waals surface area contributed by atoms with E-state index in [0.717, 1.165) is 6.07 Å². The standard InChI is InChI=1S/C16H20FNO5/c1-16(2,3)23-15(21)18-9-11(14(19)20)7-10-8-12(17)5-6-13(10)22-4/h5-8H,9H2,1-4H3,(H,18,21)(H,19,20). The molecule has 0 saturated carbocycles. The normalized spacial score (nSPS) is 11.8. The summed E-state index contributed by atoms with van der Waals surface area (Å²) in [5, 5.41) is 11.6. The van der Waals surface area contributed by atoms with Crippen LogP contribution in [0.15, 0.2) is 23.8 Å². The van der Waals surface area contributed by atoms with Gasteiger partial charge in [0.15, 0.2) is 0 Å². The van der Waals surface area contributed by atoms with Gasteiger partial charge in [0.1, 0.15) is 17.2 Å². The minimum atomic E-state index is -1.24. The molecule has 0 radical (unpaired) electrons. The Hall–Kier alpha value is -2.57. The van der Waals surface area contributed by atoms with Gasteiger partial charge in [0.25, 0.3) is 0 Å². The number of carbonyl (C=O) groups is 2. The summed E-state index contributed by atoms with van der Waals surface area (Å²) in [4.78, 5) is 22.9. The molecule has 0 atom stereocenters. The predicted molar refractivity (Wildman–Crippen MR) is 82.8 cm³/mol. The van der Waals surface area contributed by atoms with Crippen LogP contribution >= 0.6 is 0 Å². The number of alkyl carbamates (subject to hydrolysis) is 1. The molecule has 0 aliphatic carbocycles. The first-order valence-corrected chi connectivity index (χ1v) is 6.86. The molecule has 7 heteroatoms. The van der Waals surface area contributed by atoms with Gasteiger partial charge < -0.3 is 19.9 Å². The second kappa shape index (κ2) is 7.62. The average Bonchev–Trinajstić information content (AvgIpc) is 2.41. The van der Waals surface area contributed by atoms with Crippen molar-refractivity contribution in [1.29, 1.82) is 0 Å². The van der Waals surface area contributed by atoms with Gasteiger partial charge in [-0.2, -0.15) is 0 Å². The van der Waals surface area contributed by atoms with Crippen LogP contribution in [0.5, 0.6) is 5.75 Å². The molecule has 0 aliphatic heterocycles. The molecule has 0 fully saturated rings. The Bertz CT molecular complexity index is 619. The third-order valence-corrected chi connectivity index (χ3v) is 2.62. The molecular formula is C16H20FNO5. The highest BCUT2D eigenvalue weighted by Gasteiger charge is 2.17. The Kier molecular flexibility index (Phi) is 6.12. The van der Waals surface area contributed by atoms with Gasteiger partial charge in [-0.25, -0.2) is 14.0 Å². The fraction of sp³-hybridized carbons (Fsp3) is 0.375. The first kappa shape index (κ1) is 18.5. The van der Waals surface area contributed by atoms with Gasteiger partial charge in [-0.1, -0.05) is 0 Å². The zero-order valence-electron chi connectivity index (χ0n) is 13.5. The highest BCUT2D eigenvalue weighted by molar-refractivity contribution is 5.93. The van der Waals surface area contributed by atoms with Crippen LogP contribution in [0.25, 0.3) is 6.08 Å². The Morgan fingerprint density at radius 2 is 2.00 bits per heavy atom. The van der Waals surface area contributed by atoms with Crippen LogP contribution in [0.2, 0.25) is 0 Å². The van der Waals surface area contributed by atoms with E-state index in [1.54, 1.807) is 20.8 Å².